The maximum atomic E-state index is 13.6. The fourth-order valence-electron chi connectivity index (χ4n) is 1.93. The highest BCUT2D eigenvalue weighted by molar-refractivity contribution is 5.68. The van der Waals surface area contributed by atoms with E-state index in [0.717, 1.165) is 6.42 Å². The molecule has 0 aromatic rings. The first-order chi connectivity index (χ1) is 7.28. The van der Waals surface area contributed by atoms with Gasteiger partial charge >= 0.3 is 6.09 Å². The number of hydrogen-bond acceptors (Lipinski definition) is 2. The van der Waals surface area contributed by atoms with Gasteiger partial charge in [-0.1, -0.05) is 6.92 Å². The Labute approximate surface area is 96.7 Å². The lowest BCUT2D eigenvalue weighted by Gasteiger charge is -2.31. The van der Waals surface area contributed by atoms with Crippen LogP contribution in [0.25, 0.3) is 0 Å². The summed E-state index contributed by atoms with van der Waals surface area (Å²) in [4.78, 5) is 11.5. The molecule has 0 saturated heterocycles. The van der Waals surface area contributed by atoms with Crippen LogP contribution < -0.4 is 5.32 Å². The normalized spacial score (nSPS) is 30.9. The van der Waals surface area contributed by atoms with E-state index in [0.29, 0.717) is 18.8 Å². The van der Waals surface area contributed by atoms with Gasteiger partial charge in [-0.3, -0.25) is 0 Å². The summed E-state index contributed by atoms with van der Waals surface area (Å²) in [7, 11) is 0. The van der Waals surface area contributed by atoms with Crippen LogP contribution in [0.5, 0.6) is 0 Å². The van der Waals surface area contributed by atoms with Crippen molar-refractivity contribution < 1.29 is 13.9 Å². The Balaban J connectivity index is 2.39. The summed E-state index contributed by atoms with van der Waals surface area (Å²) in [6.07, 6.45) is 0.717. The SMILES string of the molecule is CC1CCC(NC(=O)OC(C)(C)C)C(F)C1. The zero-order chi connectivity index (χ0) is 12.3. The number of alkyl carbamates (subject to hydrolysis) is 1. The molecular formula is C12H22FNO2. The predicted molar refractivity (Wildman–Crippen MR) is 61.1 cm³/mol. The highest BCUT2D eigenvalue weighted by Gasteiger charge is 2.30. The summed E-state index contributed by atoms with van der Waals surface area (Å²) in [6, 6.07) is -0.383. The second kappa shape index (κ2) is 5.02. The molecule has 3 nitrogen and oxygen atoms in total. The smallest absolute Gasteiger partial charge is 0.407 e. The Morgan fingerprint density at radius 3 is 2.50 bits per heavy atom. The van der Waals surface area contributed by atoms with Crippen LogP contribution in [-0.2, 0) is 4.74 Å². The minimum atomic E-state index is -0.948. The fraction of sp³-hybridized carbons (Fsp3) is 0.917. The monoisotopic (exact) mass is 231 g/mol. The van der Waals surface area contributed by atoms with Crippen LogP contribution in [-0.4, -0.2) is 23.9 Å². The molecule has 0 bridgehead atoms. The standard InChI is InChI=1S/C12H22FNO2/c1-8-5-6-10(9(13)7-8)14-11(15)16-12(2,3)4/h8-10H,5-7H2,1-4H3,(H,14,15). The number of halogens is 1. The Bertz CT molecular complexity index is 250. The summed E-state index contributed by atoms with van der Waals surface area (Å²) in [5.41, 5.74) is -0.530. The van der Waals surface area contributed by atoms with E-state index in [1.165, 1.54) is 0 Å². The zero-order valence-electron chi connectivity index (χ0n) is 10.5. The molecule has 0 aliphatic heterocycles. The van der Waals surface area contributed by atoms with Gasteiger partial charge in [0.1, 0.15) is 11.8 Å². The third kappa shape index (κ3) is 4.37. The van der Waals surface area contributed by atoms with E-state index in [9.17, 15) is 9.18 Å². The lowest BCUT2D eigenvalue weighted by atomic mass is 9.86. The fourth-order valence-corrected chi connectivity index (χ4v) is 1.93. The molecule has 1 amide bonds. The minimum Gasteiger partial charge on any atom is -0.444 e. The van der Waals surface area contributed by atoms with Gasteiger partial charge in [0.15, 0.2) is 0 Å². The van der Waals surface area contributed by atoms with Crippen LogP contribution in [0.4, 0.5) is 9.18 Å². The molecule has 1 fully saturated rings. The number of rotatable bonds is 1. The first-order valence-corrected chi connectivity index (χ1v) is 5.91. The number of hydrogen-bond donors (Lipinski definition) is 1. The van der Waals surface area contributed by atoms with Gasteiger partial charge in [-0.05, 0) is 46.0 Å². The van der Waals surface area contributed by atoms with E-state index in [4.69, 9.17) is 4.74 Å². The van der Waals surface area contributed by atoms with Crippen molar-refractivity contribution in [1.29, 1.82) is 0 Å². The van der Waals surface area contributed by atoms with Crippen molar-refractivity contribution in [3.8, 4) is 0 Å². The Hall–Kier alpha value is -0.800. The molecule has 0 spiro atoms. The topological polar surface area (TPSA) is 38.3 Å². The van der Waals surface area contributed by atoms with E-state index < -0.39 is 17.9 Å². The molecule has 1 saturated carbocycles. The lowest BCUT2D eigenvalue weighted by Crippen LogP contribution is -2.46. The molecule has 4 heteroatoms. The lowest BCUT2D eigenvalue weighted by molar-refractivity contribution is 0.0434. The number of nitrogens with one attached hydrogen (secondary N) is 1. The summed E-state index contributed by atoms with van der Waals surface area (Å²) >= 11 is 0. The second-order valence-electron chi connectivity index (χ2n) is 5.69. The highest BCUT2D eigenvalue weighted by atomic mass is 19.1. The van der Waals surface area contributed by atoms with E-state index in [1.807, 2.05) is 6.92 Å². The number of amides is 1. The number of carbonyl (C=O) groups is 1. The van der Waals surface area contributed by atoms with Gasteiger partial charge in [0.05, 0.1) is 6.04 Å². The molecule has 16 heavy (non-hydrogen) atoms. The molecule has 0 aromatic carbocycles. The van der Waals surface area contributed by atoms with Crippen molar-refractivity contribution in [2.45, 2.75) is 64.8 Å². The molecule has 3 unspecified atom stereocenters. The predicted octanol–water partition coefficient (Wildman–Crippen LogP) is 3.04. The molecule has 1 N–H and O–H groups in total. The first kappa shape index (κ1) is 13.3. The maximum Gasteiger partial charge on any atom is 0.407 e. The van der Waals surface area contributed by atoms with Gasteiger partial charge in [0.2, 0.25) is 0 Å². The van der Waals surface area contributed by atoms with Crippen molar-refractivity contribution in [2.24, 2.45) is 5.92 Å². The second-order valence-corrected chi connectivity index (χ2v) is 5.69. The number of alkyl halides is 1. The van der Waals surface area contributed by atoms with E-state index in [1.54, 1.807) is 20.8 Å². The summed E-state index contributed by atoms with van der Waals surface area (Å²) in [6.45, 7) is 7.42. The van der Waals surface area contributed by atoms with Gasteiger partial charge in [0.25, 0.3) is 0 Å². The molecule has 1 aliphatic rings. The average Bonchev–Trinajstić information content (AvgIpc) is 2.06. The Morgan fingerprint density at radius 1 is 1.38 bits per heavy atom. The molecule has 1 aliphatic carbocycles. The first-order valence-electron chi connectivity index (χ1n) is 5.91. The van der Waals surface area contributed by atoms with Crippen molar-refractivity contribution >= 4 is 6.09 Å². The highest BCUT2D eigenvalue weighted by Crippen LogP contribution is 2.26. The van der Waals surface area contributed by atoms with Crippen LogP contribution in [0.3, 0.4) is 0 Å². The summed E-state index contributed by atoms with van der Waals surface area (Å²) in [5.74, 6) is 0.409. The largest absolute Gasteiger partial charge is 0.444 e. The third-order valence-electron chi connectivity index (χ3n) is 2.74. The molecule has 0 aromatic heterocycles. The average molecular weight is 231 g/mol. The van der Waals surface area contributed by atoms with Gasteiger partial charge in [-0.25, -0.2) is 9.18 Å². The minimum absolute atomic E-state index is 0.383. The van der Waals surface area contributed by atoms with Gasteiger partial charge in [-0.15, -0.1) is 0 Å². The summed E-state index contributed by atoms with van der Waals surface area (Å²) in [5, 5.41) is 2.61. The number of carbonyl (C=O) groups excluding carboxylic acids is 1. The van der Waals surface area contributed by atoms with E-state index in [2.05, 4.69) is 5.32 Å². The Morgan fingerprint density at radius 2 is 2.00 bits per heavy atom. The van der Waals surface area contributed by atoms with E-state index >= 15 is 0 Å². The molecule has 94 valence electrons. The Kier molecular flexibility index (Phi) is 4.16. The van der Waals surface area contributed by atoms with Gasteiger partial charge in [-0.2, -0.15) is 0 Å². The number of ether oxygens (including phenoxy) is 1. The van der Waals surface area contributed by atoms with Crippen molar-refractivity contribution in [2.75, 3.05) is 0 Å². The van der Waals surface area contributed by atoms with Gasteiger partial charge in [0, 0.05) is 0 Å². The van der Waals surface area contributed by atoms with Crippen LogP contribution >= 0.6 is 0 Å². The quantitative estimate of drug-likeness (QED) is 0.753. The zero-order valence-corrected chi connectivity index (χ0v) is 10.5. The molecule has 3 atom stereocenters. The van der Waals surface area contributed by atoms with Crippen molar-refractivity contribution in [1.82, 2.24) is 5.32 Å². The van der Waals surface area contributed by atoms with Crippen molar-refractivity contribution in [3.05, 3.63) is 0 Å². The molecule has 0 radical (unpaired) electrons. The van der Waals surface area contributed by atoms with Crippen molar-refractivity contribution in [3.63, 3.8) is 0 Å². The van der Waals surface area contributed by atoms with Gasteiger partial charge < -0.3 is 10.1 Å². The van der Waals surface area contributed by atoms with Crippen LogP contribution in [0.1, 0.15) is 47.0 Å². The molecule has 1 rings (SSSR count). The van der Waals surface area contributed by atoms with Crippen LogP contribution in [0, 0.1) is 5.92 Å². The molecule has 0 heterocycles. The van der Waals surface area contributed by atoms with Crippen LogP contribution in [0.2, 0.25) is 0 Å². The summed E-state index contributed by atoms with van der Waals surface area (Å²) < 4.78 is 18.7. The van der Waals surface area contributed by atoms with E-state index in [-0.39, 0.29) is 6.04 Å². The van der Waals surface area contributed by atoms with Crippen LogP contribution in [0.15, 0.2) is 0 Å². The molecular weight excluding hydrogens is 209 g/mol. The third-order valence-corrected chi connectivity index (χ3v) is 2.74. The maximum absolute atomic E-state index is 13.6.